The standard InChI is InChI=1S/C76H108N20O18/c1-5-6-19-51(87-73(112)60(40-98)94-69(108)56(34-45-24-26-48(100)27-25-45)91-72(111)59(39-97)85-43(4)99)65(104)88-53(28-29-62(101)102)67(106)93-58(36-47-38-81-41-84-47)71(110)90-55(33-44-16-8-7-9-17-44)68(107)86-52(22-14-31-82-76(79)80)66(105)92-57(35-46-37-83-50-20-11-10-18-49(46)50)70(109)89-54(21-12-13-30-77)75(114)96-32-15-23-61(96)74(113)95-63(42(2)3)64(78)103/h7-11,16-18,20,24-27,37-38,41-42,51-61,63,83,97-98,100H,5-6,12-15,19,21-23,28-36,39-40,77H2,1-4H3,(H2,78,103)(H,81,84)(H,85,99)(H,86,107)(H,87,112)(H,88,104)(H,89,109)(H,90,110)(H,91,111)(H,92,105)(H,93,106)(H,94,108)(H,95,113)(H,101,102)(H4,79,80,82)/t51?,52-,53-,54-,55+,56-,57-,58-,59-,60-,61-,63-/m0/s1. The van der Waals surface area contributed by atoms with E-state index in [1.807, 2.05) is 0 Å². The van der Waals surface area contributed by atoms with Crippen LogP contribution >= 0.6 is 0 Å². The highest BCUT2D eigenvalue weighted by Gasteiger charge is 2.42. The van der Waals surface area contributed by atoms with Gasteiger partial charge in [0, 0.05) is 81.1 Å². The minimum Gasteiger partial charge on any atom is -0.508 e. The van der Waals surface area contributed by atoms with Crippen LogP contribution in [0.25, 0.3) is 10.9 Å². The second kappa shape index (κ2) is 46.1. The van der Waals surface area contributed by atoms with Crippen LogP contribution < -0.4 is 81.0 Å². The van der Waals surface area contributed by atoms with Crippen molar-refractivity contribution in [1.82, 2.24) is 83.7 Å². The number of fused-ring (bicyclic) bond motifs is 1. The molecule has 114 heavy (non-hydrogen) atoms. The van der Waals surface area contributed by atoms with Crippen molar-refractivity contribution in [3.63, 3.8) is 0 Å². The molecule has 0 aliphatic carbocycles. The number of carbonyl (C=O) groups excluding carboxylic acids is 13. The predicted molar refractivity (Wildman–Crippen MR) is 415 cm³/mol. The summed E-state index contributed by atoms with van der Waals surface area (Å²) in [6, 6.07) is 3.09. The number of phenolic OH excluding ortho intramolecular Hbond substituents is 1. The average Bonchev–Trinajstić information content (AvgIpc) is 1.64. The number of carboxylic acid groups (broad SMARTS) is 1. The number of benzene rings is 3. The van der Waals surface area contributed by atoms with Gasteiger partial charge in [0.1, 0.15) is 78.3 Å². The first kappa shape index (κ1) is 90.8. The quantitative estimate of drug-likeness (QED) is 0.0103. The Morgan fingerprint density at radius 2 is 1.04 bits per heavy atom. The summed E-state index contributed by atoms with van der Waals surface area (Å²) in [6.07, 6.45) is 3.73. The van der Waals surface area contributed by atoms with Crippen molar-refractivity contribution in [2.24, 2.45) is 23.1 Å². The van der Waals surface area contributed by atoms with E-state index < -0.39 is 187 Å². The fraction of sp³-hybridized carbons (Fsp3) is 0.500. The third-order valence-electron chi connectivity index (χ3n) is 19.0. The van der Waals surface area contributed by atoms with Crippen LogP contribution in [0.1, 0.15) is 127 Å². The Balaban J connectivity index is 1.28. The molecule has 6 rings (SSSR count). The van der Waals surface area contributed by atoms with Gasteiger partial charge in [-0.15, -0.1) is 0 Å². The van der Waals surface area contributed by atoms with Crippen LogP contribution in [0, 0.1) is 11.3 Å². The Morgan fingerprint density at radius 3 is 1.56 bits per heavy atom. The number of unbranched alkanes of at least 4 members (excludes halogenated alkanes) is 2. The van der Waals surface area contributed by atoms with Crippen LogP contribution in [-0.4, -0.2) is 234 Å². The summed E-state index contributed by atoms with van der Waals surface area (Å²) in [5.74, 6) is -14.1. The Hall–Kier alpha value is -12.1. The molecule has 1 saturated heterocycles. The number of nitrogens with two attached hydrogens (primary N) is 3. The number of para-hydroxylation sites is 1. The second-order valence-electron chi connectivity index (χ2n) is 28.2. The maximum absolute atomic E-state index is 15.2. The van der Waals surface area contributed by atoms with Gasteiger partial charge in [-0.1, -0.05) is 94.3 Å². The minimum atomic E-state index is -1.82. The number of nitrogens with zero attached hydrogens (tertiary/aromatic N) is 2. The third-order valence-corrected chi connectivity index (χ3v) is 19.0. The van der Waals surface area contributed by atoms with E-state index >= 15 is 19.2 Å². The van der Waals surface area contributed by atoms with E-state index in [4.69, 9.17) is 22.6 Å². The summed E-state index contributed by atoms with van der Waals surface area (Å²) < 4.78 is 0. The highest BCUT2D eigenvalue weighted by molar-refractivity contribution is 6.00. The first-order valence-electron chi connectivity index (χ1n) is 37.9. The summed E-state index contributed by atoms with van der Waals surface area (Å²) in [5.41, 5.74) is 19.5. The van der Waals surface area contributed by atoms with Gasteiger partial charge >= 0.3 is 5.97 Å². The van der Waals surface area contributed by atoms with Gasteiger partial charge in [0.2, 0.25) is 76.8 Å². The molecule has 13 amide bonds. The number of guanidine groups is 1. The van der Waals surface area contributed by atoms with E-state index in [2.05, 4.69) is 78.8 Å². The number of hydrogen-bond donors (Lipinski definition) is 22. The summed E-state index contributed by atoms with van der Waals surface area (Å²) in [6.45, 7) is 4.68. The van der Waals surface area contributed by atoms with Crippen molar-refractivity contribution in [1.29, 1.82) is 5.41 Å². The topological polar surface area (TPSA) is 614 Å². The number of aromatic hydroxyl groups is 1. The average molecular weight is 1590 g/mol. The van der Waals surface area contributed by atoms with E-state index in [0.29, 0.717) is 53.3 Å². The monoisotopic (exact) mass is 1590 g/mol. The molecule has 2 aromatic heterocycles. The number of carboxylic acids is 1. The maximum Gasteiger partial charge on any atom is 0.303 e. The molecule has 5 aromatic rings. The number of aliphatic carboxylic acids is 1. The summed E-state index contributed by atoms with van der Waals surface area (Å²) in [5, 5.41) is 79.7. The number of aliphatic hydroxyl groups is 2. The van der Waals surface area contributed by atoms with Crippen LogP contribution in [0.4, 0.5) is 0 Å². The Labute approximate surface area is 658 Å². The molecule has 0 bridgehead atoms. The zero-order chi connectivity index (χ0) is 83.6. The lowest BCUT2D eigenvalue weighted by molar-refractivity contribution is -0.142. The lowest BCUT2D eigenvalue weighted by Crippen LogP contribution is -2.61. The Morgan fingerprint density at radius 1 is 0.561 bits per heavy atom. The van der Waals surface area contributed by atoms with E-state index in [-0.39, 0.29) is 101 Å². The SMILES string of the molecule is CCCCC(NC(=O)[C@H](CO)NC(=O)[C@H](Cc1ccc(O)cc1)NC(=O)[C@H](CO)NC(C)=O)C(=O)N[C@@H](CCC(=O)O)C(=O)N[C@@H](Cc1cnc[nH]1)C(=O)N[C@H](Cc1ccccc1)C(=O)N[C@@H](CCCNC(=N)N)C(=O)N[C@@H](Cc1c[nH]c2ccccc12)C(=O)N[C@@H](CCCCN)C(=O)N1CCC[C@H]1C(=O)N[C@H](C(N)=O)C(C)C. The number of nitrogens with one attached hydrogen (secondary N) is 15. The summed E-state index contributed by atoms with van der Waals surface area (Å²) in [7, 11) is 0. The van der Waals surface area contributed by atoms with Gasteiger partial charge in [-0.05, 0) is 105 Å². The normalized spacial score (nSPS) is 15.4. The highest BCUT2D eigenvalue weighted by Crippen LogP contribution is 2.24. The molecule has 12 atom stereocenters. The van der Waals surface area contributed by atoms with Crippen LogP contribution in [-0.2, 0) is 92.8 Å². The number of amides is 13. The fourth-order valence-electron chi connectivity index (χ4n) is 12.9. The van der Waals surface area contributed by atoms with Crippen molar-refractivity contribution in [2.45, 2.75) is 203 Å². The Kier molecular flexibility index (Phi) is 36.7. The van der Waals surface area contributed by atoms with Gasteiger partial charge in [-0.3, -0.25) is 72.5 Å². The van der Waals surface area contributed by atoms with Gasteiger partial charge < -0.3 is 116 Å². The number of carbonyl (C=O) groups is 14. The van der Waals surface area contributed by atoms with E-state index in [1.54, 1.807) is 81.6 Å². The first-order chi connectivity index (χ1) is 54.4. The summed E-state index contributed by atoms with van der Waals surface area (Å²) >= 11 is 0. The molecule has 0 spiro atoms. The predicted octanol–water partition coefficient (Wildman–Crippen LogP) is -3.22. The molecular formula is C76H108N20O18. The lowest BCUT2D eigenvalue weighted by atomic mass is 10.0. The smallest absolute Gasteiger partial charge is 0.303 e. The van der Waals surface area contributed by atoms with Crippen molar-refractivity contribution in [3.05, 3.63) is 120 Å². The molecule has 1 aliphatic heterocycles. The number of H-pyrrole nitrogens is 2. The fourth-order valence-corrected chi connectivity index (χ4v) is 12.9. The molecule has 1 aliphatic rings. The molecule has 38 nitrogen and oxygen atoms in total. The lowest BCUT2D eigenvalue weighted by Gasteiger charge is -2.31. The number of imidazole rings is 1. The van der Waals surface area contributed by atoms with Gasteiger partial charge in [-0.25, -0.2) is 4.98 Å². The number of phenols is 1. The number of hydrogen-bond acceptors (Lipinski definition) is 20. The minimum absolute atomic E-state index is 0.00834. The first-order valence-corrected chi connectivity index (χ1v) is 37.9. The van der Waals surface area contributed by atoms with Crippen molar-refractivity contribution >= 4 is 99.6 Å². The van der Waals surface area contributed by atoms with E-state index in [0.717, 1.165) is 6.92 Å². The zero-order valence-corrected chi connectivity index (χ0v) is 64.2. The maximum atomic E-state index is 15.2. The molecule has 0 saturated carbocycles. The molecule has 3 aromatic carbocycles. The Bertz CT molecular complexity index is 4090. The molecule has 25 N–H and O–H groups in total. The number of aromatic nitrogens is 3. The molecule has 3 heterocycles. The molecule has 38 heteroatoms. The molecule has 1 unspecified atom stereocenters. The van der Waals surface area contributed by atoms with E-state index in [1.165, 1.54) is 41.7 Å². The second-order valence-corrected chi connectivity index (χ2v) is 28.2. The van der Waals surface area contributed by atoms with Gasteiger partial charge in [-0.2, -0.15) is 0 Å². The largest absolute Gasteiger partial charge is 0.508 e. The van der Waals surface area contributed by atoms with Crippen molar-refractivity contribution < 1.29 is 87.5 Å². The number of aromatic amines is 2. The number of primary amides is 1. The summed E-state index contributed by atoms with van der Waals surface area (Å²) in [4.78, 5) is 208. The van der Waals surface area contributed by atoms with Crippen LogP contribution in [0.3, 0.4) is 0 Å². The molecule has 0 radical (unpaired) electrons. The van der Waals surface area contributed by atoms with Gasteiger partial charge in [0.15, 0.2) is 5.96 Å². The number of likely N-dealkylation sites (tertiary alicyclic amines) is 1. The van der Waals surface area contributed by atoms with E-state index in [9.17, 15) is 68.4 Å². The number of aliphatic hydroxyl groups excluding tert-OH is 2. The van der Waals surface area contributed by atoms with Crippen LogP contribution in [0.5, 0.6) is 5.75 Å². The zero-order valence-electron chi connectivity index (χ0n) is 64.2. The third kappa shape index (κ3) is 28.9. The molecule has 620 valence electrons. The van der Waals surface area contributed by atoms with Gasteiger partial charge in [0.05, 0.1) is 19.5 Å². The molecule has 1 fully saturated rings. The van der Waals surface area contributed by atoms with Crippen molar-refractivity contribution in [2.75, 3.05) is 32.8 Å². The van der Waals surface area contributed by atoms with Crippen molar-refractivity contribution in [3.8, 4) is 5.75 Å². The highest BCUT2D eigenvalue weighted by atomic mass is 16.4. The molecular weight excluding hydrogens is 1480 g/mol. The van der Waals surface area contributed by atoms with Crippen LogP contribution in [0.2, 0.25) is 0 Å². The number of rotatable bonds is 48. The van der Waals surface area contributed by atoms with Gasteiger partial charge in [0.25, 0.3) is 0 Å². The van der Waals surface area contributed by atoms with Crippen LogP contribution in [0.15, 0.2) is 97.6 Å².